The second-order valence-corrected chi connectivity index (χ2v) is 6.72. The zero-order valence-electron chi connectivity index (χ0n) is 9.96. The highest BCUT2D eigenvalue weighted by atomic mass is 16.6. The van der Waals surface area contributed by atoms with Crippen molar-refractivity contribution in [3.8, 4) is 0 Å². The lowest BCUT2D eigenvalue weighted by atomic mass is 9.43. The minimum Gasteiger partial charge on any atom is -0.304 e. The average molecular weight is 209 g/mol. The van der Waals surface area contributed by atoms with Gasteiger partial charge in [-0.1, -0.05) is 13.8 Å². The Kier molecular flexibility index (Phi) is 2.01. The summed E-state index contributed by atoms with van der Waals surface area (Å²) in [5, 5.41) is 0. The van der Waals surface area contributed by atoms with Crippen molar-refractivity contribution >= 4 is 0 Å². The van der Waals surface area contributed by atoms with Crippen molar-refractivity contribution in [2.45, 2.75) is 46.0 Å². The van der Waals surface area contributed by atoms with Crippen molar-refractivity contribution in [2.24, 2.45) is 34.5 Å². The second-order valence-electron chi connectivity index (χ2n) is 6.72. The summed E-state index contributed by atoms with van der Waals surface area (Å²) in [7, 11) is 0. The fourth-order valence-electron chi connectivity index (χ4n) is 4.49. The molecule has 15 heavy (non-hydrogen) atoms. The Hall–Kier alpha value is -0.0800. The first-order chi connectivity index (χ1) is 7.10. The fraction of sp³-hybridized carbons (Fsp3) is 1.00. The van der Waals surface area contributed by atoms with Crippen molar-refractivity contribution in [2.75, 3.05) is 6.61 Å². The Morgan fingerprint density at radius 1 is 1.20 bits per heavy atom. The molecule has 4 aliphatic rings. The average Bonchev–Trinajstić information content (AvgIpc) is 2.99. The molecule has 4 aliphatic carbocycles. The summed E-state index contributed by atoms with van der Waals surface area (Å²) in [4.78, 5) is 4.96. The molecule has 0 aromatic carbocycles. The Morgan fingerprint density at radius 3 is 2.40 bits per heavy atom. The van der Waals surface area contributed by atoms with Crippen LogP contribution >= 0.6 is 0 Å². The van der Waals surface area contributed by atoms with Gasteiger partial charge in [-0.15, -0.1) is 0 Å². The zero-order chi connectivity index (χ0) is 10.7. The molecule has 0 saturated heterocycles. The SMILES string of the molecule is CC1(C)[C@H]2CCC(C3(CON)CC3)[C@@H]1C2. The molecule has 0 aromatic rings. The van der Waals surface area contributed by atoms with E-state index in [1.54, 1.807) is 0 Å². The Morgan fingerprint density at radius 2 is 1.93 bits per heavy atom. The molecular formula is C13H23NO. The molecular weight excluding hydrogens is 186 g/mol. The summed E-state index contributed by atoms with van der Waals surface area (Å²) in [5.74, 6) is 8.15. The summed E-state index contributed by atoms with van der Waals surface area (Å²) < 4.78 is 0. The third-order valence-electron chi connectivity index (χ3n) is 5.91. The van der Waals surface area contributed by atoms with Gasteiger partial charge in [-0.25, -0.2) is 5.90 Å². The molecule has 0 aliphatic heterocycles. The molecule has 1 unspecified atom stereocenters. The van der Waals surface area contributed by atoms with Crippen molar-refractivity contribution in [1.82, 2.24) is 0 Å². The molecule has 2 heteroatoms. The van der Waals surface area contributed by atoms with E-state index in [1.807, 2.05) is 0 Å². The van der Waals surface area contributed by atoms with Gasteiger partial charge < -0.3 is 4.84 Å². The molecule has 0 aromatic heterocycles. The van der Waals surface area contributed by atoms with Gasteiger partial charge in [-0.05, 0) is 60.7 Å². The summed E-state index contributed by atoms with van der Waals surface area (Å²) in [6.07, 6.45) is 7.06. The minimum atomic E-state index is 0.488. The molecule has 4 rings (SSSR count). The summed E-state index contributed by atoms with van der Waals surface area (Å²) in [5.41, 5.74) is 1.09. The van der Waals surface area contributed by atoms with Crippen LogP contribution in [-0.4, -0.2) is 6.61 Å². The van der Waals surface area contributed by atoms with E-state index in [-0.39, 0.29) is 0 Å². The second kappa shape index (κ2) is 2.98. The van der Waals surface area contributed by atoms with E-state index in [9.17, 15) is 0 Å². The van der Waals surface area contributed by atoms with E-state index in [2.05, 4.69) is 13.8 Å². The van der Waals surface area contributed by atoms with E-state index in [1.165, 1.54) is 32.1 Å². The van der Waals surface area contributed by atoms with Crippen LogP contribution in [-0.2, 0) is 4.84 Å². The molecule has 0 heterocycles. The topological polar surface area (TPSA) is 35.2 Å². The van der Waals surface area contributed by atoms with Crippen molar-refractivity contribution in [3.05, 3.63) is 0 Å². The van der Waals surface area contributed by atoms with Gasteiger partial charge in [-0.2, -0.15) is 0 Å². The Bertz CT molecular complexity index is 268. The van der Waals surface area contributed by atoms with Gasteiger partial charge in [0.15, 0.2) is 0 Å². The number of nitrogens with two attached hydrogens (primary N) is 1. The van der Waals surface area contributed by atoms with Crippen molar-refractivity contribution in [3.63, 3.8) is 0 Å². The predicted molar refractivity (Wildman–Crippen MR) is 59.9 cm³/mol. The first kappa shape index (κ1) is 10.1. The highest BCUT2D eigenvalue weighted by molar-refractivity contribution is 5.11. The van der Waals surface area contributed by atoms with Crippen molar-refractivity contribution < 1.29 is 4.84 Å². The van der Waals surface area contributed by atoms with E-state index >= 15 is 0 Å². The molecule has 3 atom stereocenters. The van der Waals surface area contributed by atoms with E-state index < -0.39 is 0 Å². The monoisotopic (exact) mass is 209 g/mol. The highest BCUT2D eigenvalue weighted by Crippen LogP contribution is 2.69. The molecule has 0 amide bonds. The maximum Gasteiger partial charge on any atom is 0.0738 e. The van der Waals surface area contributed by atoms with E-state index in [4.69, 9.17) is 10.7 Å². The maximum atomic E-state index is 5.29. The third kappa shape index (κ3) is 1.24. The molecule has 2 bridgehead atoms. The van der Waals surface area contributed by atoms with Crippen LogP contribution in [0.2, 0.25) is 0 Å². The Balaban J connectivity index is 1.77. The van der Waals surface area contributed by atoms with Crippen LogP contribution in [0.1, 0.15) is 46.0 Å². The predicted octanol–water partition coefficient (Wildman–Crippen LogP) is 2.73. The molecule has 0 radical (unpaired) electrons. The van der Waals surface area contributed by atoms with E-state index in [0.717, 1.165) is 24.4 Å². The van der Waals surface area contributed by atoms with Crippen LogP contribution in [0.3, 0.4) is 0 Å². The molecule has 2 nitrogen and oxygen atoms in total. The van der Waals surface area contributed by atoms with Gasteiger partial charge in [-0.3, -0.25) is 0 Å². The smallest absolute Gasteiger partial charge is 0.0738 e. The number of rotatable bonds is 3. The standard InChI is InChI=1S/C13H23NO/c1-12(2)9-3-4-10(11(12)7-9)13(5-6-13)8-15-14/h9-11H,3-8,14H2,1-2H3/t9-,10?,11-/m0/s1. The molecule has 4 saturated carbocycles. The number of hydrogen-bond acceptors (Lipinski definition) is 2. The largest absolute Gasteiger partial charge is 0.304 e. The summed E-state index contributed by atoms with van der Waals surface area (Å²) in [6, 6.07) is 0. The van der Waals surface area contributed by atoms with Gasteiger partial charge in [0.05, 0.1) is 6.61 Å². The fourth-order valence-corrected chi connectivity index (χ4v) is 4.49. The first-order valence-electron chi connectivity index (χ1n) is 6.42. The van der Waals surface area contributed by atoms with Gasteiger partial charge in [0.25, 0.3) is 0 Å². The van der Waals surface area contributed by atoms with Crippen molar-refractivity contribution in [1.29, 1.82) is 0 Å². The highest BCUT2D eigenvalue weighted by Gasteiger charge is 2.62. The zero-order valence-corrected chi connectivity index (χ0v) is 9.96. The van der Waals surface area contributed by atoms with E-state index in [0.29, 0.717) is 10.8 Å². The van der Waals surface area contributed by atoms with Gasteiger partial charge >= 0.3 is 0 Å². The van der Waals surface area contributed by atoms with Gasteiger partial charge in [0, 0.05) is 0 Å². The van der Waals surface area contributed by atoms with Gasteiger partial charge in [0.2, 0.25) is 0 Å². The van der Waals surface area contributed by atoms with Crippen LogP contribution in [0.25, 0.3) is 0 Å². The Labute approximate surface area is 92.5 Å². The van der Waals surface area contributed by atoms with Crippen LogP contribution in [0.4, 0.5) is 0 Å². The summed E-state index contributed by atoms with van der Waals surface area (Å²) >= 11 is 0. The first-order valence-corrected chi connectivity index (χ1v) is 6.42. The number of hydrogen-bond donors (Lipinski definition) is 1. The molecule has 86 valence electrons. The van der Waals surface area contributed by atoms with Crippen LogP contribution in [0.5, 0.6) is 0 Å². The van der Waals surface area contributed by atoms with Gasteiger partial charge in [0.1, 0.15) is 0 Å². The van der Waals surface area contributed by atoms with Crippen LogP contribution < -0.4 is 5.90 Å². The normalized spacial score (nSPS) is 44.6. The molecule has 4 fully saturated rings. The molecule has 0 spiro atoms. The minimum absolute atomic E-state index is 0.488. The molecule has 2 N–H and O–H groups in total. The lowest BCUT2D eigenvalue weighted by molar-refractivity contribution is -0.135. The quantitative estimate of drug-likeness (QED) is 0.725. The van der Waals surface area contributed by atoms with Crippen LogP contribution in [0.15, 0.2) is 0 Å². The maximum absolute atomic E-state index is 5.29. The third-order valence-corrected chi connectivity index (χ3v) is 5.91. The van der Waals surface area contributed by atoms with Crippen LogP contribution in [0, 0.1) is 28.6 Å². The lowest BCUT2D eigenvalue weighted by Gasteiger charge is -2.62. The lowest BCUT2D eigenvalue weighted by Crippen LogP contribution is -2.55. The summed E-state index contributed by atoms with van der Waals surface area (Å²) in [6.45, 7) is 5.74. The number of fused-ring (bicyclic) bond motifs is 2.